The summed E-state index contributed by atoms with van der Waals surface area (Å²) in [5, 5.41) is 12.5. The second kappa shape index (κ2) is 6.89. The van der Waals surface area contributed by atoms with E-state index < -0.39 is 0 Å². The van der Waals surface area contributed by atoms with E-state index in [4.69, 9.17) is 0 Å². The van der Waals surface area contributed by atoms with Gasteiger partial charge in [0.05, 0.1) is 12.5 Å². The lowest BCUT2D eigenvalue weighted by atomic mass is 9.87. The standard InChI is InChI=1S/C17H25NO2/c1-12-3-4-15(9-13(12)2)10-17(20)18-11-14-5-7-16(19)8-6-14/h3-4,9,14,16,19H,5-8,10-11H2,1-2H3,(H,18,20). The molecule has 2 N–H and O–H groups in total. The van der Waals surface area contributed by atoms with Crippen molar-refractivity contribution in [3.05, 3.63) is 34.9 Å². The summed E-state index contributed by atoms with van der Waals surface area (Å²) in [7, 11) is 0. The smallest absolute Gasteiger partial charge is 0.224 e. The molecule has 0 radical (unpaired) electrons. The summed E-state index contributed by atoms with van der Waals surface area (Å²) in [6.07, 6.45) is 4.11. The predicted octanol–water partition coefficient (Wildman–Crippen LogP) is 2.51. The minimum absolute atomic E-state index is 0.0966. The number of rotatable bonds is 4. The Morgan fingerprint density at radius 1 is 1.20 bits per heavy atom. The first-order chi connectivity index (χ1) is 9.54. The number of benzene rings is 1. The van der Waals surface area contributed by atoms with E-state index in [1.807, 2.05) is 6.07 Å². The number of aliphatic hydroxyl groups excluding tert-OH is 1. The third kappa shape index (κ3) is 4.34. The van der Waals surface area contributed by atoms with E-state index in [1.54, 1.807) is 0 Å². The van der Waals surface area contributed by atoms with Crippen LogP contribution in [0, 0.1) is 19.8 Å². The first-order valence-corrected chi connectivity index (χ1v) is 7.55. The van der Waals surface area contributed by atoms with Crippen LogP contribution in [-0.2, 0) is 11.2 Å². The minimum atomic E-state index is -0.127. The number of aryl methyl sites for hydroxylation is 2. The van der Waals surface area contributed by atoms with Gasteiger partial charge in [0.15, 0.2) is 0 Å². The number of carbonyl (C=O) groups is 1. The molecule has 1 saturated carbocycles. The van der Waals surface area contributed by atoms with Crippen molar-refractivity contribution < 1.29 is 9.90 Å². The van der Waals surface area contributed by atoms with Gasteiger partial charge >= 0.3 is 0 Å². The third-order valence-corrected chi connectivity index (χ3v) is 4.34. The van der Waals surface area contributed by atoms with E-state index in [0.29, 0.717) is 12.3 Å². The van der Waals surface area contributed by atoms with Crippen molar-refractivity contribution >= 4 is 5.91 Å². The molecule has 110 valence electrons. The van der Waals surface area contributed by atoms with Crippen LogP contribution in [0.5, 0.6) is 0 Å². The Morgan fingerprint density at radius 3 is 2.55 bits per heavy atom. The molecule has 1 amide bonds. The Kier molecular flexibility index (Phi) is 5.18. The third-order valence-electron chi connectivity index (χ3n) is 4.34. The van der Waals surface area contributed by atoms with Crippen molar-refractivity contribution in [1.29, 1.82) is 0 Å². The number of nitrogens with one attached hydrogen (secondary N) is 1. The van der Waals surface area contributed by atoms with Gasteiger partial charge in [0, 0.05) is 6.54 Å². The molecule has 2 rings (SSSR count). The largest absolute Gasteiger partial charge is 0.393 e. The molecule has 1 aliphatic carbocycles. The molecule has 0 heterocycles. The molecule has 0 unspecified atom stereocenters. The normalized spacial score (nSPS) is 22.6. The lowest BCUT2D eigenvalue weighted by molar-refractivity contribution is -0.120. The Balaban J connectivity index is 1.76. The average molecular weight is 275 g/mol. The zero-order valence-electron chi connectivity index (χ0n) is 12.5. The molecule has 1 aromatic carbocycles. The molecular formula is C17H25NO2. The van der Waals surface area contributed by atoms with Gasteiger partial charge in [-0.3, -0.25) is 4.79 Å². The summed E-state index contributed by atoms with van der Waals surface area (Å²) in [6, 6.07) is 6.19. The molecule has 3 heteroatoms. The lowest BCUT2D eigenvalue weighted by Crippen LogP contribution is -2.33. The highest BCUT2D eigenvalue weighted by Gasteiger charge is 2.19. The van der Waals surface area contributed by atoms with Crippen molar-refractivity contribution in [1.82, 2.24) is 5.32 Å². The molecule has 1 aliphatic rings. The monoisotopic (exact) mass is 275 g/mol. The van der Waals surface area contributed by atoms with Crippen LogP contribution in [0.15, 0.2) is 18.2 Å². The number of amides is 1. The fourth-order valence-corrected chi connectivity index (χ4v) is 2.77. The quantitative estimate of drug-likeness (QED) is 0.887. The first-order valence-electron chi connectivity index (χ1n) is 7.55. The minimum Gasteiger partial charge on any atom is -0.393 e. The Labute approximate surface area is 121 Å². The highest BCUT2D eigenvalue weighted by Crippen LogP contribution is 2.23. The topological polar surface area (TPSA) is 49.3 Å². The number of hydrogen-bond acceptors (Lipinski definition) is 2. The van der Waals surface area contributed by atoms with Crippen LogP contribution in [-0.4, -0.2) is 23.7 Å². The lowest BCUT2D eigenvalue weighted by Gasteiger charge is -2.25. The molecule has 0 atom stereocenters. The molecule has 0 aliphatic heterocycles. The zero-order valence-corrected chi connectivity index (χ0v) is 12.5. The maximum Gasteiger partial charge on any atom is 0.224 e. The van der Waals surface area contributed by atoms with Gasteiger partial charge in [0.1, 0.15) is 0 Å². The van der Waals surface area contributed by atoms with Gasteiger partial charge in [0.25, 0.3) is 0 Å². The van der Waals surface area contributed by atoms with Crippen molar-refractivity contribution in [2.24, 2.45) is 5.92 Å². The first kappa shape index (κ1) is 15.0. The second-order valence-corrected chi connectivity index (χ2v) is 6.07. The van der Waals surface area contributed by atoms with Gasteiger partial charge in [-0.1, -0.05) is 18.2 Å². The fourth-order valence-electron chi connectivity index (χ4n) is 2.77. The maximum absolute atomic E-state index is 12.0. The molecule has 0 spiro atoms. The zero-order chi connectivity index (χ0) is 14.5. The average Bonchev–Trinajstić information content (AvgIpc) is 2.42. The molecule has 1 aromatic rings. The molecule has 3 nitrogen and oxygen atoms in total. The summed E-state index contributed by atoms with van der Waals surface area (Å²) < 4.78 is 0. The molecule has 0 saturated heterocycles. The van der Waals surface area contributed by atoms with Crippen molar-refractivity contribution in [3.63, 3.8) is 0 Å². The predicted molar refractivity (Wildman–Crippen MR) is 80.6 cm³/mol. The highest BCUT2D eigenvalue weighted by atomic mass is 16.3. The van der Waals surface area contributed by atoms with Crippen LogP contribution in [0.4, 0.5) is 0 Å². The van der Waals surface area contributed by atoms with Crippen LogP contribution in [0.2, 0.25) is 0 Å². The maximum atomic E-state index is 12.0. The number of carbonyl (C=O) groups excluding carboxylic acids is 1. The Morgan fingerprint density at radius 2 is 1.90 bits per heavy atom. The Hall–Kier alpha value is -1.35. The SMILES string of the molecule is Cc1ccc(CC(=O)NCC2CCC(O)CC2)cc1C. The van der Waals surface area contributed by atoms with E-state index in [2.05, 4.69) is 31.3 Å². The Bertz CT molecular complexity index is 462. The molecule has 1 fully saturated rings. The summed E-state index contributed by atoms with van der Waals surface area (Å²) in [5.41, 5.74) is 3.57. The number of hydrogen-bond donors (Lipinski definition) is 2. The van der Waals surface area contributed by atoms with Gasteiger partial charge in [-0.2, -0.15) is 0 Å². The molecule has 20 heavy (non-hydrogen) atoms. The summed E-state index contributed by atoms with van der Waals surface area (Å²) in [5.74, 6) is 0.626. The van der Waals surface area contributed by atoms with Crippen LogP contribution in [0.1, 0.15) is 42.4 Å². The van der Waals surface area contributed by atoms with E-state index in [1.165, 1.54) is 11.1 Å². The van der Waals surface area contributed by atoms with Gasteiger partial charge < -0.3 is 10.4 Å². The van der Waals surface area contributed by atoms with E-state index in [9.17, 15) is 9.90 Å². The summed E-state index contributed by atoms with van der Waals surface area (Å²) >= 11 is 0. The second-order valence-electron chi connectivity index (χ2n) is 6.07. The van der Waals surface area contributed by atoms with Crippen molar-refractivity contribution in [2.45, 2.75) is 52.1 Å². The van der Waals surface area contributed by atoms with Gasteiger partial charge in [0.2, 0.25) is 5.91 Å². The number of aliphatic hydroxyl groups is 1. The van der Waals surface area contributed by atoms with Gasteiger partial charge in [-0.25, -0.2) is 0 Å². The van der Waals surface area contributed by atoms with Crippen LogP contribution >= 0.6 is 0 Å². The fraction of sp³-hybridized carbons (Fsp3) is 0.588. The van der Waals surface area contributed by atoms with E-state index in [-0.39, 0.29) is 12.0 Å². The van der Waals surface area contributed by atoms with Crippen LogP contribution in [0.25, 0.3) is 0 Å². The van der Waals surface area contributed by atoms with Crippen molar-refractivity contribution in [3.8, 4) is 0 Å². The summed E-state index contributed by atoms with van der Waals surface area (Å²) in [4.78, 5) is 12.0. The van der Waals surface area contributed by atoms with Gasteiger partial charge in [-0.05, 0) is 62.1 Å². The van der Waals surface area contributed by atoms with E-state index in [0.717, 1.165) is 37.8 Å². The summed E-state index contributed by atoms with van der Waals surface area (Å²) in [6.45, 7) is 4.90. The highest BCUT2D eigenvalue weighted by molar-refractivity contribution is 5.78. The van der Waals surface area contributed by atoms with Crippen LogP contribution < -0.4 is 5.32 Å². The molecular weight excluding hydrogens is 250 g/mol. The van der Waals surface area contributed by atoms with E-state index >= 15 is 0 Å². The molecule has 0 aromatic heterocycles. The van der Waals surface area contributed by atoms with Gasteiger partial charge in [-0.15, -0.1) is 0 Å². The van der Waals surface area contributed by atoms with Crippen LogP contribution in [0.3, 0.4) is 0 Å². The van der Waals surface area contributed by atoms with Crippen molar-refractivity contribution in [2.75, 3.05) is 6.54 Å². The molecule has 0 bridgehead atoms.